The quantitative estimate of drug-likeness (QED) is 0.736. The minimum Gasteiger partial charge on any atom is -0.361 e. The summed E-state index contributed by atoms with van der Waals surface area (Å²) in [5, 5.41) is 16.4. The third-order valence-electron chi connectivity index (χ3n) is 3.27. The third kappa shape index (κ3) is 2.99. The van der Waals surface area contributed by atoms with Crippen LogP contribution >= 0.6 is 0 Å². The predicted molar refractivity (Wildman–Crippen MR) is 77.7 cm³/mol. The van der Waals surface area contributed by atoms with Gasteiger partial charge in [0.25, 0.3) is 0 Å². The summed E-state index contributed by atoms with van der Waals surface area (Å²) >= 11 is 0. The molecule has 0 spiro atoms. The number of nitrogens with zero attached hydrogens (tertiary/aromatic N) is 5. The number of rotatable bonds is 4. The van der Waals surface area contributed by atoms with Crippen LogP contribution in [0.5, 0.6) is 0 Å². The van der Waals surface area contributed by atoms with E-state index in [0.717, 1.165) is 17.0 Å². The van der Waals surface area contributed by atoms with Crippen LogP contribution in [-0.4, -0.2) is 25.4 Å². The Morgan fingerprint density at radius 2 is 1.95 bits per heavy atom. The molecule has 0 aliphatic heterocycles. The van der Waals surface area contributed by atoms with Crippen LogP contribution in [0.25, 0.3) is 11.4 Å². The van der Waals surface area contributed by atoms with E-state index in [0.29, 0.717) is 18.3 Å². The first-order valence-corrected chi connectivity index (χ1v) is 6.92. The highest BCUT2D eigenvalue weighted by Gasteiger charge is 2.09. The number of aromatic nitrogens is 5. The molecule has 2 aromatic heterocycles. The minimum absolute atomic E-state index is 0.453. The van der Waals surface area contributed by atoms with Gasteiger partial charge in [-0.1, -0.05) is 43.3 Å². The number of aryl methyl sites for hydroxylation is 1. The third-order valence-corrected chi connectivity index (χ3v) is 3.27. The van der Waals surface area contributed by atoms with Crippen molar-refractivity contribution in [2.24, 2.45) is 0 Å². The fourth-order valence-electron chi connectivity index (χ4n) is 2.08. The maximum absolute atomic E-state index is 5.02. The Hall–Kier alpha value is -2.50. The molecule has 0 amide bonds. The fourth-order valence-corrected chi connectivity index (χ4v) is 2.08. The lowest BCUT2D eigenvalue weighted by Crippen LogP contribution is -2.04. The number of benzene rings is 1. The molecule has 0 saturated carbocycles. The fraction of sp³-hybridized carbons (Fsp3) is 0.333. The van der Waals surface area contributed by atoms with Crippen molar-refractivity contribution in [2.75, 3.05) is 0 Å². The molecule has 3 aromatic rings. The van der Waals surface area contributed by atoms with Crippen LogP contribution in [0.1, 0.15) is 36.8 Å². The molecule has 3 rings (SSSR count). The van der Waals surface area contributed by atoms with Crippen molar-refractivity contribution in [3.05, 3.63) is 47.3 Å². The van der Waals surface area contributed by atoms with Crippen molar-refractivity contribution in [3.63, 3.8) is 0 Å². The van der Waals surface area contributed by atoms with E-state index in [1.165, 1.54) is 10.4 Å². The summed E-state index contributed by atoms with van der Waals surface area (Å²) in [7, 11) is 0. The van der Waals surface area contributed by atoms with E-state index in [4.69, 9.17) is 4.52 Å². The summed E-state index contributed by atoms with van der Waals surface area (Å²) in [6, 6.07) is 10.1. The molecule has 6 nitrogen and oxygen atoms in total. The summed E-state index contributed by atoms with van der Waals surface area (Å²) in [5.74, 6) is 1.90. The Bertz CT molecular complexity index is 727. The Balaban J connectivity index is 1.78. The van der Waals surface area contributed by atoms with Crippen molar-refractivity contribution in [3.8, 4) is 11.4 Å². The average molecular weight is 283 g/mol. The zero-order chi connectivity index (χ0) is 14.8. The normalized spacial score (nSPS) is 11.2. The summed E-state index contributed by atoms with van der Waals surface area (Å²) in [4.78, 5) is 1.52. The van der Waals surface area contributed by atoms with Gasteiger partial charge >= 0.3 is 0 Å². The standard InChI is InChI=1S/C15H17N5O/c1-10(2)12-4-6-13(7-5-12)15-16-19-20(17-15)9-14-8-11(3)21-18-14/h4-8,10H,9H2,1-3H3. The van der Waals surface area contributed by atoms with Gasteiger partial charge in [0.1, 0.15) is 18.0 Å². The maximum Gasteiger partial charge on any atom is 0.204 e. The van der Waals surface area contributed by atoms with Gasteiger partial charge in [0.05, 0.1) is 0 Å². The van der Waals surface area contributed by atoms with Gasteiger partial charge in [-0.3, -0.25) is 0 Å². The highest BCUT2D eigenvalue weighted by molar-refractivity contribution is 5.54. The predicted octanol–water partition coefficient (Wildman–Crippen LogP) is 2.81. The molecule has 1 aromatic carbocycles. The SMILES string of the molecule is Cc1cc(Cn2nnc(-c3ccc(C(C)C)cc3)n2)no1. The topological polar surface area (TPSA) is 69.6 Å². The van der Waals surface area contributed by atoms with Gasteiger partial charge in [0.2, 0.25) is 5.82 Å². The molecule has 0 atom stereocenters. The van der Waals surface area contributed by atoms with Crippen LogP contribution in [0.15, 0.2) is 34.9 Å². The van der Waals surface area contributed by atoms with Gasteiger partial charge < -0.3 is 4.52 Å². The van der Waals surface area contributed by atoms with E-state index < -0.39 is 0 Å². The van der Waals surface area contributed by atoms with Gasteiger partial charge in [-0.15, -0.1) is 10.2 Å². The second-order valence-electron chi connectivity index (χ2n) is 5.35. The van der Waals surface area contributed by atoms with Gasteiger partial charge in [-0.2, -0.15) is 4.80 Å². The van der Waals surface area contributed by atoms with Crippen molar-refractivity contribution in [1.82, 2.24) is 25.4 Å². The van der Waals surface area contributed by atoms with Gasteiger partial charge in [-0.25, -0.2) is 0 Å². The van der Waals surface area contributed by atoms with E-state index in [1.807, 2.05) is 25.1 Å². The molecule has 0 fully saturated rings. The maximum atomic E-state index is 5.02. The zero-order valence-corrected chi connectivity index (χ0v) is 12.3. The number of tetrazole rings is 1. The summed E-state index contributed by atoms with van der Waals surface area (Å²) < 4.78 is 5.02. The van der Waals surface area contributed by atoms with Crippen LogP contribution < -0.4 is 0 Å². The van der Waals surface area contributed by atoms with Crippen LogP contribution in [-0.2, 0) is 6.54 Å². The highest BCUT2D eigenvalue weighted by atomic mass is 16.5. The first kappa shape index (κ1) is 13.5. The largest absolute Gasteiger partial charge is 0.361 e. The Labute approximate surface area is 122 Å². The molecule has 6 heteroatoms. The number of hydrogen-bond donors (Lipinski definition) is 0. The average Bonchev–Trinajstić information content (AvgIpc) is 3.09. The van der Waals surface area contributed by atoms with E-state index in [-0.39, 0.29) is 0 Å². The second kappa shape index (κ2) is 5.47. The van der Waals surface area contributed by atoms with E-state index >= 15 is 0 Å². The lowest BCUT2D eigenvalue weighted by atomic mass is 10.0. The molecule has 21 heavy (non-hydrogen) atoms. The monoisotopic (exact) mass is 283 g/mol. The molecule has 0 saturated heterocycles. The highest BCUT2D eigenvalue weighted by Crippen LogP contribution is 2.19. The van der Waals surface area contributed by atoms with Crippen LogP contribution in [0.4, 0.5) is 0 Å². The molecular weight excluding hydrogens is 266 g/mol. The van der Waals surface area contributed by atoms with Crippen LogP contribution in [0.2, 0.25) is 0 Å². The summed E-state index contributed by atoms with van der Waals surface area (Å²) in [6.07, 6.45) is 0. The molecule has 0 aliphatic rings. The molecule has 2 heterocycles. The van der Waals surface area contributed by atoms with Crippen molar-refractivity contribution in [1.29, 1.82) is 0 Å². The van der Waals surface area contributed by atoms with Crippen molar-refractivity contribution >= 4 is 0 Å². The number of hydrogen-bond acceptors (Lipinski definition) is 5. The van der Waals surface area contributed by atoms with Crippen molar-refractivity contribution < 1.29 is 4.52 Å². The Morgan fingerprint density at radius 3 is 2.57 bits per heavy atom. The minimum atomic E-state index is 0.453. The Morgan fingerprint density at radius 1 is 1.19 bits per heavy atom. The smallest absolute Gasteiger partial charge is 0.204 e. The molecule has 0 bridgehead atoms. The lowest BCUT2D eigenvalue weighted by Gasteiger charge is -2.04. The van der Waals surface area contributed by atoms with E-state index in [9.17, 15) is 0 Å². The summed E-state index contributed by atoms with van der Waals surface area (Å²) in [6.45, 7) is 6.65. The first-order valence-electron chi connectivity index (χ1n) is 6.92. The molecule has 0 N–H and O–H groups in total. The molecule has 108 valence electrons. The van der Waals surface area contributed by atoms with Crippen LogP contribution in [0.3, 0.4) is 0 Å². The van der Waals surface area contributed by atoms with Gasteiger partial charge in [0, 0.05) is 11.6 Å². The molecule has 0 unspecified atom stereocenters. The molecular formula is C15H17N5O. The summed E-state index contributed by atoms with van der Waals surface area (Å²) in [5.41, 5.74) is 3.04. The van der Waals surface area contributed by atoms with Gasteiger partial charge in [-0.05, 0) is 23.6 Å². The Kier molecular flexibility index (Phi) is 3.51. The zero-order valence-electron chi connectivity index (χ0n) is 12.3. The van der Waals surface area contributed by atoms with Gasteiger partial charge in [0.15, 0.2) is 0 Å². The lowest BCUT2D eigenvalue weighted by molar-refractivity contribution is 0.385. The molecule has 0 radical (unpaired) electrons. The van der Waals surface area contributed by atoms with Crippen molar-refractivity contribution in [2.45, 2.75) is 33.2 Å². The first-order chi connectivity index (χ1) is 10.1. The molecule has 0 aliphatic carbocycles. The van der Waals surface area contributed by atoms with Crippen LogP contribution in [0, 0.1) is 6.92 Å². The second-order valence-corrected chi connectivity index (χ2v) is 5.35. The van der Waals surface area contributed by atoms with E-state index in [1.54, 1.807) is 0 Å². The van der Waals surface area contributed by atoms with E-state index in [2.05, 4.69) is 46.5 Å².